The molecule has 0 radical (unpaired) electrons. The van der Waals surface area contributed by atoms with Crippen LogP contribution in [-0.4, -0.2) is 38.4 Å². The van der Waals surface area contributed by atoms with E-state index in [9.17, 15) is 9.59 Å². The zero-order chi connectivity index (χ0) is 16.0. The zero-order valence-electron chi connectivity index (χ0n) is 12.4. The number of esters is 1. The van der Waals surface area contributed by atoms with E-state index in [-0.39, 0.29) is 5.57 Å². The van der Waals surface area contributed by atoms with E-state index >= 15 is 0 Å². The van der Waals surface area contributed by atoms with Crippen LogP contribution in [0.15, 0.2) is 23.8 Å². The van der Waals surface area contributed by atoms with Crippen LogP contribution < -0.4 is 9.47 Å². The van der Waals surface area contributed by atoms with Crippen LogP contribution >= 0.6 is 0 Å². The molecular formula is C15H18O6. The van der Waals surface area contributed by atoms with E-state index in [1.165, 1.54) is 21.3 Å². The number of hydrogen-bond donors (Lipinski definition) is 1. The molecule has 0 unspecified atom stereocenters. The van der Waals surface area contributed by atoms with Gasteiger partial charge in [0.05, 0.1) is 33.3 Å². The lowest BCUT2D eigenvalue weighted by molar-refractivity contribution is -0.141. The molecular weight excluding hydrogens is 276 g/mol. The fourth-order valence-corrected chi connectivity index (χ4v) is 1.90. The van der Waals surface area contributed by atoms with E-state index in [1.807, 2.05) is 0 Å². The minimum absolute atomic E-state index is 0.0773. The maximum Gasteiger partial charge on any atom is 0.334 e. The summed E-state index contributed by atoms with van der Waals surface area (Å²) in [4.78, 5) is 22.7. The van der Waals surface area contributed by atoms with Crippen LogP contribution in [0.25, 0.3) is 5.57 Å². The van der Waals surface area contributed by atoms with Crippen molar-refractivity contribution in [1.29, 1.82) is 0 Å². The Morgan fingerprint density at radius 1 is 1.14 bits per heavy atom. The van der Waals surface area contributed by atoms with Gasteiger partial charge in [0.1, 0.15) is 11.5 Å². The summed E-state index contributed by atoms with van der Waals surface area (Å²) in [6, 6.07) is 5.07. The van der Waals surface area contributed by atoms with Crippen LogP contribution in [0.3, 0.4) is 0 Å². The molecule has 6 heteroatoms. The molecule has 0 saturated carbocycles. The average molecular weight is 294 g/mol. The van der Waals surface area contributed by atoms with Crippen LogP contribution in [0.1, 0.15) is 18.9 Å². The van der Waals surface area contributed by atoms with Crippen LogP contribution in [-0.2, 0) is 14.3 Å². The first kappa shape index (κ1) is 16.6. The summed E-state index contributed by atoms with van der Waals surface area (Å²) < 4.78 is 15.0. The summed E-state index contributed by atoms with van der Waals surface area (Å²) in [6.07, 6.45) is -0.423. The van der Waals surface area contributed by atoms with Crippen molar-refractivity contribution in [3.63, 3.8) is 0 Å². The number of aliphatic carboxylic acids is 1. The molecule has 0 saturated heterocycles. The normalized spacial score (nSPS) is 11.4. The number of methoxy groups -OCH3 is 3. The molecule has 0 spiro atoms. The molecule has 0 heterocycles. The van der Waals surface area contributed by atoms with E-state index < -0.39 is 18.4 Å². The standard InChI is InChI=1S/C15H18O6/c1-9(12(8-14(16)17)15(18)21-4)11-6-5-10(19-2)7-13(11)20-3/h5-7H,8H2,1-4H3,(H,16,17). The van der Waals surface area contributed by atoms with Gasteiger partial charge in [0.15, 0.2) is 0 Å². The highest BCUT2D eigenvalue weighted by Gasteiger charge is 2.20. The Bertz CT molecular complexity index is 574. The highest BCUT2D eigenvalue weighted by molar-refractivity contribution is 6.01. The molecule has 0 bridgehead atoms. The van der Waals surface area contributed by atoms with Gasteiger partial charge in [-0.1, -0.05) is 0 Å². The molecule has 21 heavy (non-hydrogen) atoms. The Morgan fingerprint density at radius 2 is 1.81 bits per heavy atom. The molecule has 0 amide bonds. The number of allylic oxidation sites excluding steroid dienone is 1. The van der Waals surface area contributed by atoms with Gasteiger partial charge in [-0.3, -0.25) is 4.79 Å². The van der Waals surface area contributed by atoms with Gasteiger partial charge in [-0.05, 0) is 24.6 Å². The van der Waals surface area contributed by atoms with Gasteiger partial charge in [0, 0.05) is 11.6 Å². The summed E-state index contributed by atoms with van der Waals surface area (Å²) >= 11 is 0. The van der Waals surface area contributed by atoms with E-state index in [1.54, 1.807) is 25.1 Å². The number of carboxylic acid groups (broad SMARTS) is 1. The number of rotatable bonds is 6. The molecule has 0 aliphatic rings. The fraction of sp³-hybridized carbons (Fsp3) is 0.333. The SMILES string of the molecule is COC(=O)C(CC(=O)O)=C(C)c1ccc(OC)cc1OC. The lowest BCUT2D eigenvalue weighted by Crippen LogP contribution is -2.11. The number of benzene rings is 1. The van der Waals surface area contributed by atoms with E-state index in [0.29, 0.717) is 22.6 Å². The molecule has 6 nitrogen and oxygen atoms in total. The Hall–Kier alpha value is -2.50. The summed E-state index contributed by atoms with van der Waals surface area (Å²) in [5.74, 6) is -0.699. The number of carboxylic acids is 1. The summed E-state index contributed by atoms with van der Waals surface area (Å²) in [5, 5.41) is 8.94. The maximum absolute atomic E-state index is 11.8. The lowest BCUT2D eigenvalue weighted by atomic mass is 9.98. The van der Waals surface area contributed by atoms with E-state index in [2.05, 4.69) is 4.74 Å². The molecule has 0 aliphatic heterocycles. The first-order valence-corrected chi connectivity index (χ1v) is 6.16. The van der Waals surface area contributed by atoms with Gasteiger partial charge in [0.2, 0.25) is 0 Å². The minimum atomic E-state index is -1.11. The third-order valence-corrected chi connectivity index (χ3v) is 3.03. The summed E-state index contributed by atoms with van der Waals surface area (Å²) in [5.41, 5.74) is 1.18. The molecule has 1 aromatic carbocycles. The highest BCUT2D eigenvalue weighted by Crippen LogP contribution is 2.32. The second kappa shape index (κ2) is 7.33. The first-order valence-electron chi connectivity index (χ1n) is 6.16. The quantitative estimate of drug-likeness (QED) is 0.639. The van der Waals surface area contributed by atoms with E-state index in [4.69, 9.17) is 14.6 Å². The third kappa shape index (κ3) is 3.98. The first-order chi connectivity index (χ1) is 9.94. The number of carbonyl (C=O) groups is 2. The van der Waals surface area contributed by atoms with Crippen molar-refractivity contribution in [2.24, 2.45) is 0 Å². The van der Waals surface area contributed by atoms with Crippen LogP contribution in [0.4, 0.5) is 0 Å². The van der Waals surface area contributed by atoms with Crippen LogP contribution in [0.5, 0.6) is 11.5 Å². The van der Waals surface area contributed by atoms with Crippen molar-refractivity contribution in [1.82, 2.24) is 0 Å². The predicted molar refractivity (Wildman–Crippen MR) is 76.4 cm³/mol. The molecule has 0 atom stereocenters. The molecule has 1 rings (SSSR count). The highest BCUT2D eigenvalue weighted by atomic mass is 16.5. The third-order valence-electron chi connectivity index (χ3n) is 3.03. The van der Waals surface area contributed by atoms with Crippen molar-refractivity contribution in [2.45, 2.75) is 13.3 Å². The predicted octanol–water partition coefficient (Wildman–Crippen LogP) is 2.12. The van der Waals surface area contributed by atoms with Gasteiger partial charge in [-0.15, -0.1) is 0 Å². The molecule has 0 fully saturated rings. The van der Waals surface area contributed by atoms with Crippen molar-refractivity contribution in [3.05, 3.63) is 29.3 Å². The number of hydrogen-bond acceptors (Lipinski definition) is 5. The number of carbonyl (C=O) groups excluding carboxylic acids is 1. The second-order valence-electron chi connectivity index (χ2n) is 4.23. The molecule has 114 valence electrons. The molecule has 1 N–H and O–H groups in total. The molecule has 0 aromatic heterocycles. The molecule has 0 aliphatic carbocycles. The molecule has 1 aromatic rings. The lowest BCUT2D eigenvalue weighted by Gasteiger charge is -2.13. The van der Waals surface area contributed by atoms with Crippen molar-refractivity contribution in [2.75, 3.05) is 21.3 Å². The van der Waals surface area contributed by atoms with Crippen molar-refractivity contribution >= 4 is 17.5 Å². The van der Waals surface area contributed by atoms with Crippen molar-refractivity contribution in [3.8, 4) is 11.5 Å². The van der Waals surface area contributed by atoms with Gasteiger partial charge >= 0.3 is 11.9 Å². The van der Waals surface area contributed by atoms with Crippen LogP contribution in [0, 0.1) is 0 Å². The maximum atomic E-state index is 11.8. The smallest absolute Gasteiger partial charge is 0.334 e. The van der Waals surface area contributed by atoms with Gasteiger partial charge in [-0.25, -0.2) is 4.79 Å². The van der Waals surface area contributed by atoms with E-state index in [0.717, 1.165) is 0 Å². The second-order valence-corrected chi connectivity index (χ2v) is 4.23. The Morgan fingerprint density at radius 3 is 2.29 bits per heavy atom. The zero-order valence-corrected chi connectivity index (χ0v) is 12.4. The van der Waals surface area contributed by atoms with Gasteiger partial charge < -0.3 is 19.3 Å². The average Bonchev–Trinajstić information content (AvgIpc) is 2.50. The Kier molecular flexibility index (Phi) is 5.78. The Balaban J connectivity index is 3.41. The van der Waals surface area contributed by atoms with Gasteiger partial charge in [0.25, 0.3) is 0 Å². The topological polar surface area (TPSA) is 82.1 Å². The van der Waals surface area contributed by atoms with Crippen LogP contribution in [0.2, 0.25) is 0 Å². The summed E-state index contributed by atoms with van der Waals surface area (Å²) in [7, 11) is 4.23. The fourth-order valence-electron chi connectivity index (χ4n) is 1.90. The van der Waals surface area contributed by atoms with Crippen molar-refractivity contribution < 1.29 is 28.9 Å². The minimum Gasteiger partial charge on any atom is -0.497 e. The monoisotopic (exact) mass is 294 g/mol. The largest absolute Gasteiger partial charge is 0.497 e. The number of ether oxygens (including phenoxy) is 3. The summed E-state index contributed by atoms with van der Waals surface area (Å²) in [6.45, 7) is 1.65. The van der Waals surface area contributed by atoms with Gasteiger partial charge in [-0.2, -0.15) is 0 Å². The Labute approximate surface area is 122 Å².